The Balaban J connectivity index is 0.000000202. The van der Waals surface area contributed by atoms with Crippen LogP contribution in [0.25, 0.3) is 34.2 Å². The summed E-state index contributed by atoms with van der Waals surface area (Å²) in [5, 5.41) is 30.9. The summed E-state index contributed by atoms with van der Waals surface area (Å²) < 4.78 is 10.5. The van der Waals surface area contributed by atoms with Crippen LogP contribution in [0.5, 0.6) is 0 Å². The maximum absolute atomic E-state index is 12.4. The van der Waals surface area contributed by atoms with Gasteiger partial charge in [0.15, 0.2) is 11.4 Å². The number of carbonyl (C=O) groups is 2. The third kappa shape index (κ3) is 8.76. The minimum atomic E-state index is -1.22. The summed E-state index contributed by atoms with van der Waals surface area (Å²) in [6.45, 7) is 1.05. The Bertz CT molecular complexity index is 2260. The van der Waals surface area contributed by atoms with E-state index in [1.54, 1.807) is 52.5 Å². The van der Waals surface area contributed by atoms with E-state index in [4.69, 9.17) is 51.1 Å². The van der Waals surface area contributed by atoms with Crippen molar-refractivity contribution in [2.45, 2.75) is 20.1 Å². The smallest absolute Gasteiger partial charge is 0.358 e. The van der Waals surface area contributed by atoms with Crippen molar-refractivity contribution >= 4 is 104 Å². The largest absolute Gasteiger partial charge is 0.476 e. The van der Waals surface area contributed by atoms with Crippen LogP contribution in [-0.4, -0.2) is 53.0 Å². The van der Waals surface area contributed by atoms with Gasteiger partial charge in [0.2, 0.25) is 0 Å². The van der Waals surface area contributed by atoms with Crippen molar-refractivity contribution in [1.82, 2.24) is 19.1 Å². The van der Waals surface area contributed by atoms with E-state index in [-0.39, 0.29) is 23.7 Å². The fourth-order valence-electron chi connectivity index (χ4n) is 5.17. The van der Waals surface area contributed by atoms with Crippen LogP contribution in [0, 0.1) is 7.14 Å². The number of aliphatic hydroxyl groups excluding tert-OH is 2. The van der Waals surface area contributed by atoms with E-state index in [1.165, 1.54) is 0 Å². The number of ether oxygens (including phenoxy) is 1. The molecule has 0 atom stereocenters. The number of carbonyl (C=O) groups excluding carboxylic acids is 1. The average Bonchev–Trinajstić information content (AvgIpc) is 3.69. The van der Waals surface area contributed by atoms with Crippen molar-refractivity contribution in [3.8, 4) is 34.2 Å². The second-order valence-electron chi connectivity index (χ2n) is 10.7. The molecule has 0 aliphatic carbocycles. The number of nitrogens with zero attached hydrogens (tertiary/aromatic N) is 4. The predicted molar refractivity (Wildman–Crippen MR) is 218 cm³/mol. The molecule has 0 fully saturated rings. The molecule has 6 aromatic rings. The molecule has 268 valence electrons. The first kappa shape index (κ1) is 40.0. The quantitative estimate of drug-likeness (QED) is 0.0962. The van der Waals surface area contributed by atoms with Crippen LogP contribution < -0.4 is 0 Å². The highest BCUT2D eigenvalue weighted by Gasteiger charge is 2.27. The summed E-state index contributed by atoms with van der Waals surface area (Å²) in [6.07, 6.45) is 0. The second-order valence-corrected chi connectivity index (χ2v) is 14.9. The van der Waals surface area contributed by atoms with Crippen molar-refractivity contribution in [2.24, 2.45) is 0 Å². The first-order chi connectivity index (χ1) is 24.9. The molecule has 0 aliphatic rings. The number of hydrogen-bond donors (Lipinski definition) is 3. The molecule has 6 rings (SSSR count). The van der Waals surface area contributed by atoms with Gasteiger partial charge in [-0.1, -0.05) is 46.4 Å². The lowest BCUT2D eigenvalue weighted by Crippen LogP contribution is -2.10. The number of carboxylic acids is 1. The number of aromatic carboxylic acids is 1. The highest BCUT2D eigenvalue weighted by Crippen LogP contribution is 2.35. The van der Waals surface area contributed by atoms with Gasteiger partial charge in [0.1, 0.15) is 11.6 Å². The van der Waals surface area contributed by atoms with Gasteiger partial charge in [0.25, 0.3) is 0 Å². The Labute approximate surface area is 345 Å². The van der Waals surface area contributed by atoms with Crippen molar-refractivity contribution in [3.63, 3.8) is 0 Å². The molecule has 0 unspecified atom stereocenters. The normalized spacial score (nSPS) is 10.9. The van der Waals surface area contributed by atoms with Crippen molar-refractivity contribution < 1.29 is 29.6 Å². The van der Waals surface area contributed by atoms with E-state index in [0.717, 1.165) is 12.8 Å². The summed E-state index contributed by atoms with van der Waals surface area (Å²) in [5.74, 6) is -1.08. The Morgan fingerprint density at radius 2 is 1.08 bits per heavy atom. The number of halogens is 6. The molecule has 0 amide bonds. The van der Waals surface area contributed by atoms with Crippen molar-refractivity contribution in [2.75, 3.05) is 6.61 Å². The minimum Gasteiger partial charge on any atom is -0.476 e. The molecule has 0 bridgehead atoms. The van der Waals surface area contributed by atoms with Gasteiger partial charge in [-0.2, -0.15) is 0 Å². The van der Waals surface area contributed by atoms with Gasteiger partial charge >= 0.3 is 11.9 Å². The van der Waals surface area contributed by atoms with Crippen molar-refractivity contribution in [3.05, 3.63) is 135 Å². The summed E-state index contributed by atoms with van der Waals surface area (Å²) in [7, 11) is 0. The Morgan fingerprint density at radius 3 is 1.44 bits per heavy atom. The molecule has 10 nitrogen and oxygen atoms in total. The Kier molecular flexibility index (Phi) is 13.6. The van der Waals surface area contributed by atoms with Gasteiger partial charge in [-0.25, -0.2) is 19.6 Å². The van der Waals surface area contributed by atoms with Gasteiger partial charge in [-0.15, -0.1) is 0 Å². The van der Waals surface area contributed by atoms with Crippen LogP contribution in [0.15, 0.2) is 84.9 Å². The third-order valence-corrected chi connectivity index (χ3v) is 9.96. The zero-order chi connectivity index (χ0) is 37.7. The molecule has 2 heterocycles. The van der Waals surface area contributed by atoms with E-state index in [2.05, 4.69) is 55.1 Å². The number of rotatable bonds is 9. The molecule has 16 heteroatoms. The monoisotopic (exact) mass is 1000 g/mol. The molecule has 0 saturated heterocycles. The zero-order valence-electron chi connectivity index (χ0n) is 26.8. The van der Waals surface area contributed by atoms with Crippen LogP contribution in [0.1, 0.15) is 39.3 Å². The van der Waals surface area contributed by atoms with Crippen molar-refractivity contribution in [1.29, 1.82) is 0 Å². The van der Waals surface area contributed by atoms with E-state index < -0.39 is 25.2 Å². The summed E-state index contributed by atoms with van der Waals surface area (Å²) in [5.41, 5.74) is 2.86. The van der Waals surface area contributed by atoms with E-state index in [9.17, 15) is 24.9 Å². The summed E-state index contributed by atoms with van der Waals surface area (Å²) >= 11 is 29.0. The molecule has 4 aromatic carbocycles. The van der Waals surface area contributed by atoms with E-state index in [1.807, 2.05) is 48.5 Å². The highest BCUT2D eigenvalue weighted by molar-refractivity contribution is 14.1. The van der Waals surface area contributed by atoms with Gasteiger partial charge in [0.05, 0.1) is 41.3 Å². The topological polar surface area (TPSA) is 140 Å². The number of aromatic nitrogens is 4. The summed E-state index contributed by atoms with van der Waals surface area (Å²) in [6, 6.07) is 24.9. The van der Waals surface area contributed by atoms with Gasteiger partial charge in [0, 0.05) is 39.7 Å². The average molecular weight is 1010 g/mol. The minimum absolute atomic E-state index is 0.0546. The highest BCUT2D eigenvalue weighted by atomic mass is 127. The first-order valence-electron chi connectivity index (χ1n) is 15.2. The summed E-state index contributed by atoms with van der Waals surface area (Å²) in [4.78, 5) is 32.6. The SMILES string of the molecule is CCOC(=O)c1nc(-c2ccc(Cl)cc2Cl)n(-c2ccc(I)cc2)c1CO.O=C(O)c1nc(-c2ccc(Cl)cc2Cl)n(-c2ccc(I)cc2)c1CO. The van der Waals surface area contributed by atoms with Crippen LogP contribution in [0.3, 0.4) is 0 Å². The fraction of sp³-hybridized carbons (Fsp3) is 0.111. The number of imidazole rings is 2. The number of aliphatic hydroxyl groups is 2. The van der Waals surface area contributed by atoms with Crippen LogP contribution in [0.4, 0.5) is 0 Å². The van der Waals surface area contributed by atoms with E-state index >= 15 is 0 Å². The Morgan fingerprint density at radius 1 is 0.673 bits per heavy atom. The predicted octanol–water partition coefficient (Wildman–Crippen LogP) is 9.76. The maximum atomic E-state index is 12.4. The maximum Gasteiger partial charge on any atom is 0.358 e. The number of hydrogen-bond acceptors (Lipinski definition) is 7. The molecular weight excluding hydrogens is 980 g/mol. The molecule has 0 saturated carbocycles. The molecule has 2 aromatic heterocycles. The molecular formula is C36H26Cl4I2N4O6. The van der Waals surface area contributed by atoms with E-state index in [0.29, 0.717) is 54.2 Å². The lowest BCUT2D eigenvalue weighted by molar-refractivity contribution is 0.0515. The Hall–Kier alpha value is -3.22. The molecule has 3 N–H and O–H groups in total. The number of carboxylic acid groups (broad SMARTS) is 1. The molecule has 52 heavy (non-hydrogen) atoms. The number of esters is 1. The zero-order valence-corrected chi connectivity index (χ0v) is 34.2. The lowest BCUT2D eigenvalue weighted by atomic mass is 10.2. The fourth-order valence-corrected chi connectivity index (χ4v) is 6.88. The van der Waals surface area contributed by atoms with Crippen LogP contribution in [-0.2, 0) is 18.0 Å². The first-order valence-corrected chi connectivity index (χ1v) is 18.8. The van der Waals surface area contributed by atoms with Gasteiger partial charge in [-0.05, 0) is 137 Å². The third-order valence-electron chi connectivity index (χ3n) is 7.43. The molecule has 0 radical (unpaired) electrons. The lowest BCUT2D eigenvalue weighted by Gasteiger charge is -2.12. The standard InChI is InChI=1S/C19H15Cl2IN2O3.C17H11Cl2IN2O3/c1-2-27-19(26)17-16(10-25)24(13-6-4-12(22)5-7-13)18(23-17)14-8-3-11(20)9-15(14)21;18-9-1-6-12(13(19)7-9)16-21-15(17(24)25)14(8-23)22(16)11-4-2-10(20)3-5-11/h3-9,25H,2,10H2,1H3;1-7,23H,8H2,(H,24,25). The van der Waals surface area contributed by atoms with Gasteiger partial charge in [-0.3, -0.25) is 9.13 Å². The molecule has 0 aliphatic heterocycles. The number of benzene rings is 4. The second kappa shape index (κ2) is 17.7. The van der Waals surface area contributed by atoms with Gasteiger partial charge < -0.3 is 20.1 Å². The molecule has 0 spiro atoms. The van der Waals surface area contributed by atoms with Crippen LogP contribution >= 0.6 is 91.6 Å². The van der Waals surface area contributed by atoms with Crippen LogP contribution in [0.2, 0.25) is 20.1 Å².